The van der Waals surface area contributed by atoms with E-state index in [4.69, 9.17) is 9.47 Å². The summed E-state index contributed by atoms with van der Waals surface area (Å²) in [5.74, 6) is 1.16. The molecule has 0 aliphatic carbocycles. The number of nitrogens with one attached hydrogen (secondary N) is 1. The molecule has 0 saturated heterocycles. The highest BCUT2D eigenvalue weighted by atomic mass is 16.5. The maximum Gasteiger partial charge on any atom is 0.255 e. The van der Waals surface area contributed by atoms with Crippen LogP contribution in [0, 0.1) is 0 Å². The van der Waals surface area contributed by atoms with Gasteiger partial charge in [-0.2, -0.15) is 0 Å². The molecule has 0 aromatic heterocycles. The summed E-state index contributed by atoms with van der Waals surface area (Å²) in [5, 5.41) is 2.79. The molecular weight excluding hydrogens is 354 g/mol. The van der Waals surface area contributed by atoms with E-state index in [1.807, 2.05) is 30.3 Å². The lowest BCUT2D eigenvalue weighted by atomic mass is 10.1. The third kappa shape index (κ3) is 5.45. The van der Waals surface area contributed by atoms with Crippen molar-refractivity contribution >= 4 is 17.4 Å². The summed E-state index contributed by atoms with van der Waals surface area (Å²) in [6, 6.07) is 23.3. The van der Waals surface area contributed by atoms with Crippen molar-refractivity contribution in [1.82, 2.24) is 0 Å². The van der Waals surface area contributed by atoms with E-state index in [1.54, 1.807) is 48.5 Å². The van der Waals surface area contributed by atoms with Crippen molar-refractivity contribution in [3.05, 3.63) is 90.0 Å². The second-order valence-corrected chi connectivity index (χ2v) is 6.13. The fraction of sp³-hybridized carbons (Fsp3) is 0.130. The Hall–Kier alpha value is -3.60. The SMILES string of the molecule is CC(=O)c1cccc(NC(=O)c2ccc(OCCOc3ccccc3)cc2)c1. The zero-order valence-electron chi connectivity index (χ0n) is 15.6. The first-order valence-electron chi connectivity index (χ1n) is 8.95. The third-order valence-corrected chi connectivity index (χ3v) is 4.01. The summed E-state index contributed by atoms with van der Waals surface area (Å²) in [7, 11) is 0. The molecule has 3 aromatic carbocycles. The lowest BCUT2D eigenvalue weighted by molar-refractivity contribution is 0.101. The average molecular weight is 375 g/mol. The smallest absolute Gasteiger partial charge is 0.255 e. The number of rotatable bonds is 8. The van der Waals surface area contributed by atoms with Crippen molar-refractivity contribution in [3.63, 3.8) is 0 Å². The molecule has 0 aliphatic heterocycles. The Balaban J connectivity index is 1.50. The Kier molecular flexibility index (Phi) is 6.41. The summed E-state index contributed by atoms with van der Waals surface area (Å²) >= 11 is 0. The third-order valence-electron chi connectivity index (χ3n) is 4.01. The van der Waals surface area contributed by atoms with Crippen molar-refractivity contribution in [3.8, 4) is 11.5 Å². The van der Waals surface area contributed by atoms with Crippen LogP contribution < -0.4 is 14.8 Å². The van der Waals surface area contributed by atoms with Gasteiger partial charge in [0.15, 0.2) is 5.78 Å². The Labute approximate surface area is 163 Å². The zero-order valence-corrected chi connectivity index (χ0v) is 15.6. The van der Waals surface area contributed by atoms with E-state index in [0.29, 0.717) is 35.8 Å². The van der Waals surface area contributed by atoms with E-state index >= 15 is 0 Å². The predicted octanol–water partition coefficient (Wildman–Crippen LogP) is 4.60. The number of Topliss-reactive ketones (excluding diaryl/α,β-unsaturated/α-hetero) is 1. The van der Waals surface area contributed by atoms with Crippen LogP contribution >= 0.6 is 0 Å². The Bertz CT molecular complexity index is 936. The normalized spacial score (nSPS) is 10.2. The number of hydrogen-bond donors (Lipinski definition) is 1. The Morgan fingerprint density at radius 2 is 1.39 bits per heavy atom. The van der Waals surface area contributed by atoms with E-state index in [-0.39, 0.29) is 11.7 Å². The second-order valence-electron chi connectivity index (χ2n) is 6.13. The first-order valence-corrected chi connectivity index (χ1v) is 8.95. The molecule has 1 N–H and O–H groups in total. The molecule has 3 rings (SSSR count). The summed E-state index contributed by atoms with van der Waals surface area (Å²) < 4.78 is 11.2. The van der Waals surface area contributed by atoms with Gasteiger partial charge in [-0.3, -0.25) is 9.59 Å². The van der Waals surface area contributed by atoms with Crippen molar-refractivity contribution in [1.29, 1.82) is 0 Å². The van der Waals surface area contributed by atoms with Gasteiger partial charge in [0.1, 0.15) is 24.7 Å². The Morgan fingerprint density at radius 3 is 2.04 bits per heavy atom. The molecule has 0 unspecified atom stereocenters. The van der Waals surface area contributed by atoms with Crippen LogP contribution in [-0.4, -0.2) is 24.9 Å². The number of anilines is 1. The van der Waals surface area contributed by atoms with Gasteiger partial charge in [-0.15, -0.1) is 0 Å². The molecule has 0 bridgehead atoms. The van der Waals surface area contributed by atoms with Crippen molar-refractivity contribution in [2.24, 2.45) is 0 Å². The number of benzene rings is 3. The Morgan fingerprint density at radius 1 is 0.750 bits per heavy atom. The van der Waals surface area contributed by atoms with E-state index < -0.39 is 0 Å². The maximum absolute atomic E-state index is 12.4. The van der Waals surface area contributed by atoms with E-state index in [0.717, 1.165) is 5.75 Å². The molecule has 1 amide bonds. The van der Waals surface area contributed by atoms with Crippen LogP contribution in [0.2, 0.25) is 0 Å². The molecular formula is C23H21NO4. The van der Waals surface area contributed by atoms with Crippen LogP contribution in [0.25, 0.3) is 0 Å². The standard InChI is InChI=1S/C23H21NO4/c1-17(25)19-6-5-7-20(16-19)24-23(26)18-10-12-22(13-11-18)28-15-14-27-21-8-3-2-4-9-21/h2-13,16H,14-15H2,1H3,(H,24,26). The number of hydrogen-bond acceptors (Lipinski definition) is 4. The maximum atomic E-state index is 12.4. The van der Waals surface area contributed by atoms with Crippen LogP contribution in [-0.2, 0) is 0 Å². The summed E-state index contributed by atoms with van der Waals surface area (Å²) in [6.07, 6.45) is 0. The summed E-state index contributed by atoms with van der Waals surface area (Å²) in [6.45, 7) is 2.32. The first kappa shape index (κ1) is 19.2. The number of amides is 1. The molecule has 0 saturated carbocycles. The molecule has 0 radical (unpaired) electrons. The number of carbonyl (C=O) groups is 2. The van der Waals surface area contributed by atoms with Gasteiger partial charge in [0.2, 0.25) is 0 Å². The molecule has 0 fully saturated rings. The van der Waals surface area contributed by atoms with Gasteiger partial charge in [0, 0.05) is 16.8 Å². The van der Waals surface area contributed by atoms with Gasteiger partial charge in [0.05, 0.1) is 0 Å². The fourth-order valence-electron chi connectivity index (χ4n) is 2.56. The number of carbonyl (C=O) groups excluding carboxylic acids is 2. The predicted molar refractivity (Wildman–Crippen MR) is 108 cm³/mol. The van der Waals surface area contributed by atoms with Gasteiger partial charge >= 0.3 is 0 Å². The van der Waals surface area contributed by atoms with Crippen molar-refractivity contribution in [2.75, 3.05) is 18.5 Å². The topological polar surface area (TPSA) is 64.6 Å². The van der Waals surface area contributed by atoms with Crippen molar-refractivity contribution < 1.29 is 19.1 Å². The van der Waals surface area contributed by atoms with Crippen LogP contribution in [0.4, 0.5) is 5.69 Å². The molecule has 28 heavy (non-hydrogen) atoms. The first-order chi connectivity index (χ1) is 13.6. The number of para-hydroxylation sites is 1. The van der Waals surface area contributed by atoms with Crippen LogP contribution in [0.3, 0.4) is 0 Å². The number of ketones is 1. The quantitative estimate of drug-likeness (QED) is 0.462. The van der Waals surface area contributed by atoms with Crippen LogP contribution in [0.1, 0.15) is 27.6 Å². The molecule has 5 heteroatoms. The lowest BCUT2D eigenvalue weighted by Gasteiger charge is -2.09. The monoisotopic (exact) mass is 375 g/mol. The average Bonchev–Trinajstić information content (AvgIpc) is 2.72. The highest BCUT2D eigenvalue weighted by molar-refractivity contribution is 6.05. The molecule has 5 nitrogen and oxygen atoms in total. The molecule has 3 aromatic rings. The highest BCUT2D eigenvalue weighted by Gasteiger charge is 2.08. The summed E-state index contributed by atoms with van der Waals surface area (Å²) in [5.41, 5.74) is 1.64. The van der Waals surface area contributed by atoms with Crippen LogP contribution in [0.5, 0.6) is 11.5 Å². The minimum absolute atomic E-state index is 0.0474. The molecule has 0 atom stereocenters. The number of ether oxygens (including phenoxy) is 2. The van der Waals surface area contributed by atoms with E-state index in [1.165, 1.54) is 6.92 Å². The molecule has 0 aliphatic rings. The molecule has 0 heterocycles. The van der Waals surface area contributed by atoms with Gasteiger partial charge in [-0.25, -0.2) is 0 Å². The second kappa shape index (κ2) is 9.37. The highest BCUT2D eigenvalue weighted by Crippen LogP contribution is 2.16. The minimum atomic E-state index is -0.250. The molecule has 0 spiro atoms. The van der Waals surface area contributed by atoms with Gasteiger partial charge in [0.25, 0.3) is 5.91 Å². The van der Waals surface area contributed by atoms with Gasteiger partial charge in [-0.1, -0.05) is 30.3 Å². The molecule has 142 valence electrons. The van der Waals surface area contributed by atoms with Crippen molar-refractivity contribution in [2.45, 2.75) is 6.92 Å². The summed E-state index contributed by atoms with van der Waals surface area (Å²) in [4.78, 5) is 23.8. The fourth-order valence-corrected chi connectivity index (χ4v) is 2.56. The zero-order chi connectivity index (χ0) is 19.8. The van der Waals surface area contributed by atoms with E-state index in [9.17, 15) is 9.59 Å². The van der Waals surface area contributed by atoms with Gasteiger partial charge < -0.3 is 14.8 Å². The lowest BCUT2D eigenvalue weighted by Crippen LogP contribution is -2.12. The minimum Gasteiger partial charge on any atom is -0.490 e. The van der Waals surface area contributed by atoms with Gasteiger partial charge in [-0.05, 0) is 55.5 Å². The van der Waals surface area contributed by atoms with E-state index in [2.05, 4.69) is 5.32 Å². The van der Waals surface area contributed by atoms with Crippen LogP contribution in [0.15, 0.2) is 78.9 Å². The largest absolute Gasteiger partial charge is 0.490 e.